The maximum Gasteiger partial charge on any atom is 0.164 e. The third kappa shape index (κ3) is 3.12. The summed E-state index contributed by atoms with van der Waals surface area (Å²) >= 11 is 5.99. The van der Waals surface area contributed by atoms with Crippen molar-refractivity contribution >= 4 is 17.4 Å². The molecule has 1 fully saturated rings. The van der Waals surface area contributed by atoms with E-state index in [0.29, 0.717) is 22.9 Å². The van der Waals surface area contributed by atoms with E-state index in [2.05, 4.69) is 28.9 Å². The Bertz CT molecular complexity index is 408. The lowest BCUT2D eigenvalue weighted by Gasteiger charge is -2.38. The molecular weight excluding hydrogens is 248 g/mol. The molecular formula is C13H21ClN4. The Labute approximate surface area is 114 Å². The topological polar surface area (TPSA) is 55.0 Å². The van der Waals surface area contributed by atoms with Gasteiger partial charge in [-0.1, -0.05) is 18.0 Å². The van der Waals surface area contributed by atoms with Gasteiger partial charge in [-0.15, -0.1) is 5.10 Å². The lowest BCUT2D eigenvalue weighted by molar-refractivity contribution is 0.111. The summed E-state index contributed by atoms with van der Waals surface area (Å²) in [5, 5.41) is 8.54. The Morgan fingerprint density at radius 2 is 2.22 bits per heavy atom. The van der Waals surface area contributed by atoms with Crippen LogP contribution in [-0.2, 0) is 6.42 Å². The number of nitrogens with two attached hydrogens (primary N) is 1. The first-order valence-electron chi connectivity index (χ1n) is 6.61. The molecule has 0 aromatic carbocycles. The zero-order valence-electron chi connectivity index (χ0n) is 11.1. The molecule has 1 saturated heterocycles. The van der Waals surface area contributed by atoms with Crippen LogP contribution in [0.5, 0.6) is 0 Å². The molecule has 0 bridgehead atoms. The molecule has 4 nitrogen and oxygen atoms in total. The van der Waals surface area contributed by atoms with E-state index >= 15 is 0 Å². The third-order valence-electron chi connectivity index (χ3n) is 3.60. The van der Waals surface area contributed by atoms with Crippen molar-refractivity contribution in [2.45, 2.75) is 51.6 Å². The molecule has 1 aromatic rings. The molecule has 18 heavy (non-hydrogen) atoms. The first-order chi connectivity index (χ1) is 8.58. The van der Waals surface area contributed by atoms with Gasteiger partial charge in [0, 0.05) is 18.5 Å². The Balaban J connectivity index is 2.08. The molecule has 2 heterocycles. The first kappa shape index (κ1) is 13.6. The highest BCUT2D eigenvalue weighted by Crippen LogP contribution is 2.23. The van der Waals surface area contributed by atoms with Crippen molar-refractivity contribution in [2.24, 2.45) is 0 Å². The number of piperidine rings is 1. The highest BCUT2D eigenvalue weighted by molar-refractivity contribution is 6.32. The van der Waals surface area contributed by atoms with E-state index in [1.165, 1.54) is 25.8 Å². The number of rotatable bonds is 3. The quantitative estimate of drug-likeness (QED) is 0.915. The molecule has 1 aliphatic rings. The fourth-order valence-corrected chi connectivity index (χ4v) is 2.84. The summed E-state index contributed by atoms with van der Waals surface area (Å²) in [4.78, 5) is 2.55. The molecule has 100 valence electrons. The fraction of sp³-hybridized carbons (Fsp3) is 0.692. The lowest BCUT2D eigenvalue weighted by atomic mass is 9.96. The summed E-state index contributed by atoms with van der Waals surface area (Å²) < 4.78 is 0. The lowest BCUT2D eigenvalue weighted by Crippen LogP contribution is -2.45. The van der Waals surface area contributed by atoms with Crippen LogP contribution in [0.1, 0.15) is 38.8 Å². The second-order valence-corrected chi connectivity index (χ2v) is 5.66. The Kier molecular flexibility index (Phi) is 4.40. The van der Waals surface area contributed by atoms with Gasteiger partial charge in [0.25, 0.3) is 0 Å². The monoisotopic (exact) mass is 268 g/mol. The number of likely N-dealkylation sites (tertiary alicyclic amines) is 1. The highest BCUT2D eigenvalue weighted by atomic mass is 35.5. The minimum atomic E-state index is 0.310. The SMILES string of the molecule is CC(C)N1CCCCC1Cc1cc(Cl)c(N)nn1. The number of anilines is 1. The Morgan fingerprint density at radius 3 is 2.89 bits per heavy atom. The van der Waals surface area contributed by atoms with Crippen molar-refractivity contribution < 1.29 is 0 Å². The largest absolute Gasteiger partial charge is 0.381 e. The van der Waals surface area contributed by atoms with Crippen molar-refractivity contribution in [2.75, 3.05) is 12.3 Å². The Hall–Kier alpha value is -0.870. The van der Waals surface area contributed by atoms with Crippen LogP contribution in [0.25, 0.3) is 0 Å². The first-order valence-corrected chi connectivity index (χ1v) is 6.99. The van der Waals surface area contributed by atoms with E-state index < -0.39 is 0 Å². The van der Waals surface area contributed by atoms with Crippen molar-refractivity contribution in [3.05, 3.63) is 16.8 Å². The van der Waals surface area contributed by atoms with E-state index in [4.69, 9.17) is 17.3 Å². The second-order valence-electron chi connectivity index (χ2n) is 5.25. The predicted octanol–water partition coefficient (Wildman–Crippen LogP) is 2.52. The molecule has 2 rings (SSSR count). The molecule has 1 atom stereocenters. The minimum absolute atomic E-state index is 0.310. The van der Waals surface area contributed by atoms with Gasteiger partial charge in [0.2, 0.25) is 0 Å². The molecule has 0 amide bonds. The van der Waals surface area contributed by atoms with Gasteiger partial charge >= 0.3 is 0 Å². The van der Waals surface area contributed by atoms with E-state index in [1.54, 1.807) is 0 Å². The summed E-state index contributed by atoms with van der Waals surface area (Å²) in [6.45, 7) is 5.68. The fourth-order valence-electron chi connectivity index (χ4n) is 2.68. The van der Waals surface area contributed by atoms with Crippen LogP contribution in [0, 0.1) is 0 Å². The summed E-state index contributed by atoms with van der Waals surface area (Å²) in [7, 11) is 0. The van der Waals surface area contributed by atoms with Crippen molar-refractivity contribution in [1.82, 2.24) is 15.1 Å². The average Bonchev–Trinajstić information content (AvgIpc) is 2.34. The van der Waals surface area contributed by atoms with Gasteiger partial charge in [0.1, 0.15) is 0 Å². The van der Waals surface area contributed by atoms with Crippen LogP contribution in [0.2, 0.25) is 5.02 Å². The maximum absolute atomic E-state index is 5.99. The van der Waals surface area contributed by atoms with Gasteiger partial charge < -0.3 is 5.73 Å². The highest BCUT2D eigenvalue weighted by Gasteiger charge is 2.25. The van der Waals surface area contributed by atoms with E-state index in [9.17, 15) is 0 Å². The Morgan fingerprint density at radius 1 is 1.44 bits per heavy atom. The third-order valence-corrected chi connectivity index (χ3v) is 3.91. The zero-order valence-corrected chi connectivity index (χ0v) is 11.8. The number of aromatic nitrogens is 2. The maximum atomic E-state index is 5.99. The zero-order chi connectivity index (χ0) is 13.1. The normalized spacial score (nSPS) is 21.4. The summed E-state index contributed by atoms with van der Waals surface area (Å²) in [6.07, 6.45) is 4.72. The molecule has 0 spiro atoms. The smallest absolute Gasteiger partial charge is 0.164 e. The second kappa shape index (κ2) is 5.85. The van der Waals surface area contributed by atoms with Crippen molar-refractivity contribution in [3.8, 4) is 0 Å². The number of hydrogen-bond acceptors (Lipinski definition) is 4. The summed E-state index contributed by atoms with van der Waals surface area (Å²) in [6, 6.07) is 2.97. The van der Waals surface area contributed by atoms with Gasteiger partial charge in [-0.2, -0.15) is 5.10 Å². The van der Waals surface area contributed by atoms with Gasteiger partial charge in [0.15, 0.2) is 5.82 Å². The molecule has 2 N–H and O–H groups in total. The van der Waals surface area contributed by atoms with E-state index in [-0.39, 0.29) is 0 Å². The molecule has 0 aliphatic carbocycles. The summed E-state index contributed by atoms with van der Waals surface area (Å²) in [5.41, 5.74) is 6.52. The number of nitrogen functional groups attached to an aromatic ring is 1. The van der Waals surface area contributed by atoms with E-state index in [0.717, 1.165) is 12.1 Å². The van der Waals surface area contributed by atoms with Gasteiger partial charge in [-0.3, -0.25) is 4.90 Å². The molecule has 1 unspecified atom stereocenters. The standard InChI is InChI=1S/C13H21ClN4/c1-9(2)18-6-4-3-5-11(18)7-10-8-12(14)13(15)17-16-10/h8-9,11H,3-7H2,1-2H3,(H2,15,17). The molecule has 0 radical (unpaired) electrons. The van der Waals surface area contributed by atoms with Crippen LogP contribution < -0.4 is 5.73 Å². The summed E-state index contributed by atoms with van der Waals surface area (Å²) in [5.74, 6) is 0.310. The molecule has 5 heteroatoms. The number of hydrogen-bond donors (Lipinski definition) is 1. The van der Waals surface area contributed by atoms with Crippen LogP contribution in [0.3, 0.4) is 0 Å². The van der Waals surface area contributed by atoms with Gasteiger partial charge in [-0.05, 0) is 39.3 Å². The van der Waals surface area contributed by atoms with Crippen LogP contribution in [0.4, 0.5) is 5.82 Å². The van der Waals surface area contributed by atoms with Gasteiger partial charge in [0.05, 0.1) is 10.7 Å². The van der Waals surface area contributed by atoms with Crippen molar-refractivity contribution in [1.29, 1.82) is 0 Å². The minimum Gasteiger partial charge on any atom is -0.381 e. The van der Waals surface area contributed by atoms with Crippen LogP contribution in [-0.4, -0.2) is 33.7 Å². The molecule has 1 aliphatic heterocycles. The molecule has 1 aromatic heterocycles. The number of halogens is 1. The van der Waals surface area contributed by atoms with Gasteiger partial charge in [-0.25, -0.2) is 0 Å². The van der Waals surface area contributed by atoms with Crippen LogP contribution in [0.15, 0.2) is 6.07 Å². The van der Waals surface area contributed by atoms with E-state index in [1.807, 2.05) is 6.07 Å². The molecule has 0 saturated carbocycles. The predicted molar refractivity (Wildman–Crippen MR) is 74.6 cm³/mol. The number of nitrogens with zero attached hydrogens (tertiary/aromatic N) is 3. The van der Waals surface area contributed by atoms with Crippen LogP contribution >= 0.6 is 11.6 Å². The average molecular weight is 269 g/mol. The van der Waals surface area contributed by atoms with Crippen molar-refractivity contribution in [3.63, 3.8) is 0 Å².